The first-order valence-electron chi connectivity index (χ1n) is 8.29. The van der Waals surface area contributed by atoms with Crippen LogP contribution in [-0.4, -0.2) is 15.5 Å². The lowest BCUT2D eigenvalue weighted by molar-refractivity contribution is -0.146. The molecule has 0 amide bonds. The Morgan fingerprint density at radius 2 is 2.12 bits per heavy atom. The first-order valence-corrected chi connectivity index (χ1v) is 9.17. The van der Waals surface area contributed by atoms with Crippen LogP contribution in [0, 0.1) is 17.2 Å². The Morgan fingerprint density at radius 3 is 2.81 bits per heavy atom. The maximum absolute atomic E-state index is 13.0. The number of esters is 1. The number of nitriles is 1. The quantitative estimate of drug-likeness (QED) is 0.649. The Labute approximate surface area is 153 Å². The lowest BCUT2D eigenvalue weighted by Crippen LogP contribution is -2.26. The van der Waals surface area contributed by atoms with Crippen molar-refractivity contribution in [3.63, 3.8) is 0 Å². The first kappa shape index (κ1) is 16.5. The summed E-state index contributed by atoms with van der Waals surface area (Å²) in [5, 5.41) is 11.5. The zero-order chi connectivity index (χ0) is 18.1. The lowest BCUT2D eigenvalue weighted by Gasteiger charge is -2.10. The van der Waals surface area contributed by atoms with Gasteiger partial charge >= 0.3 is 5.97 Å². The number of benzene rings is 1. The standard InChI is InChI=1S/C19H15N3O3S/c20-8-9-22-15(10-25-19(24)13-6-7-13)21-17-16(18(22)23)14(11-26-17)12-4-2-1-3-5-12/h1-5,11,13H,6-7,9-10H2. The highest BCUT2D eigenvalue weighted by molar-refractivity contribution is 7.17. The van der Waals surface area contributed by atoms with Crippen LogP contribution in [0.25, 0.3) is 21.3 Å². The predicted molar refractivity (Wildman–Crippen MR) is 97.4 cm³/mol. The Morgan fingerprint density at radius 1 is 1.35 bits per heavy atom. The highest BCUT2D eigenvalue weighted by Gasteiger charge is 2.31. The van der Waals surface area contributed by atoms with Crippen molar-refractivity contribution in [2.45, 2.75) is 26.0 Å². The average Bonchev–Trinajstić information content (AvgIpc) is 3.43. The van der Waals surface area contributed by atoms with Crippen LogP contribution in [0.15, 0.2) is 40.5 Å². The van der Waals surface area contributed by atoms with Gasteiger partial charge in [-0.2, -0.15) is 5.26 Å². The van der Waals surface area contributed by atoms with Gasteiger partial charge in [0.1, 0.15) is 18.0 Å². The van der Waals surface area contributed by atoms with Crippen molar-refractivity contribution in [3.8, 4) is 17.2 Å². The van der Waals surface area contributed by atoms with Gasteiger partial charge in [-0.05, 0) is 18.4 Å². The van der Waals surface area contributed by atoms with Gasteiger partial charge in [-0.1, -0.05) is 30.3 Å². The molecule has 0 spiro atoms. The van der Waals surface area contributed by atoms with Crippen LogP contribution in [0.2, 0.25) is 0 Å². The molecule has 2 heterocycles. The summed E-state index contributed by atoms with van der Waals surface area (Å²) < 4.78 is 6.56. The molecular formula is C19H15N3O3S. The van der Waals surface area contributed by atoms with E-state index >= 15 is 0 Å². The molecule has 0 saturated heterocycles. The highest BCUT2D eigenvalue weighted by Crippen LogP contribution is 2.32. The molecule has 0 radical (unpaired) electrons. The number of hydrogen-bond acceptors (Lipinski definition) is 6. The smallest absolute Gasteiger partial charge is 0.309 e. The number of rotatable bonds is 5. The summed E-state index contributed by atoms with van der Waals surface area (Å²) in [5.41, 5.74) is 1.44. The van der Waals surface area contributed by atoms with Gasteiger partial charge in [0.25, 0.3) is 5.56 Å². The van der Waals surface area contributed by atoms with E-state index in [1.54, 1.807) is 0 Å². The van der Waals surface area contributed by atoms with E-state index in [4.69, 9.17) is 10.00 Å². The summed E-state index contributed by atoms with van der Waals surface area (Å²) in [4.78, 5) is 29.9. The molecule has 1 aliphatic rings. The van der Waals surface area contributed by atoms with E-state index in [-0.39, 0.29) is 30.6 Å². The second-order valence-electron chi connectivity index (χ2n) is 6.15. The third-order valence-electron chi connectivity index (χ3n) is 4.34. The number of carbonyl (C=O) groups excluding carboxylic acids is 1. The zero-order valence-electron chi connectivity index (χ0n) is 13.8. The van der Waals surface area contributed by atoms with E-state index in [1.165, 1.54) is 15.9 Å². The van der Waals surface area contributed by atoms with Crippen molar-refractivity contribution in [2.75, 3.05) is 0 Å². The SMILES string of the molecule is N#CCn1c(COC(=O)C2CC2)nc2scc(-c3ccccc3)c2c1=O. The number of hydrogen-bond donors (Lipinski definition) is 0. The topological polar surface area (TPSA) is 85.0 Å². The number of thiophene rings is 1. The predicted octanol–water partition coefficient (Wildman–Crippen LogP) is 3.10. The maximum atomic E-state index is 13.0. The second kappa shape index (κ2) is 6.73. The second-order valence-corrected chi connectivity index (χ2v) is 7.01. The average molecular weight is 365 g/mol. The van der Waals surface area contributed by atoms with Crippen LogP contribution in [-0.2, 0) is 22.7 Å². The molecule has 1 aromatic carbocycles. The number of aromatic nitrogens is 2. The fourth-order valence-electron chi connectivity index (χ4n) is 2.81. The van der Waals surface area contributed by atoms with Crippen LogP contribution in [0.5, 0.6) is 0 Å². The molecule has 1 saturated carbocycles. The summed E-state index contributed by atoms with van der Waals surface area (Å²) in [6.45, 7) is -0.233. The van der Waals surface area contributed by atoms with Gasteiger partial charge in [-0.15, -0.1) is 11.3 Å². The largest absolute Gasteiger partial charge is 0.457 e. The number of ether oxygens (including phenoxy) is 1. The maximum Gasteiger partial charge on any atom is 0.309 e. The normalized spacial score (nSPS) is 13.5. The van der Waals surface area contributed by atoms with E-state index in [0.717, 1.165) is 24.0 Å². The third kappa shape index (κ3) is 3.00. The molecule has 0 unspecified atom stereocenters. The summed E-state index contributed by atoms with van der Waals surface area (Å²) in [6.07, 6.45) is 1.70. The van der Waals surface area contributed by atoms with E-state index in [2.05, 4.69) is 4.98 Å². The van der Waals surface area contributed by atoms with Crippen molar-refractivity contribution in [3.05, 3.63) is 51.9 Å². The van der Waals surface area contributed by atoms with Crippen LogP contribution in [0.4, 0.5) is 0 Å². The molecule has 4 rings (SSSR count). The van der Waals surface area contributed by atoms with Gasteiger partial charge in [-0.3, -0.25) is 14.2 Å². The molecule has 0 atom stereocenters. The van der Waals surface area contributed by atoms with Gasteiger partial charge in [-0.25, -0.2) is 4.98 Å². The van der Waals surface area contributed by atoms with Gasteiger partial charge in [0.05, 0.1) is 17.4 Å². The molecule has 1 aliphatic carbocycles. The number of nitrogens with zero attached hydrogens (tertiary/aromatic N) is 3. The Hall–Kier alpha value is -2.98. The first-order chi connectivity index (χ1) is 12.7. The molecular weight excluding hydrogens is 350 g/mol. The molecule has 130 valence electrons. The highest BCUT2D eigenvalue weighted by atomic mass is 32.1. The minimum absolute atomic E-state index is 0.0266. The van der Waals surface area contributed by atoms with Gasteiger partial charge in [0.15, 0.2) is 5.82 Å². The van der Waals surface area contributed by atoms with Crippen LogP contribution in [0.3, 0.4) is 0 Å². The summed E-state index contributed by atoms with van der Waals surface area (Å²) in [7, 11) is 0. The minimum Gasteiger partial charge on any atom is -0.457 e. The van der Waals surface area contributed by atoms with E-state index in [0.29, 0.717) is 16.0 Å². The van der Waals surface area contributed by atoms with Crippen molar-refractivity contribution in [1.29, 1.82) is 5.26 Å². The number of fused-ring (bicyclic) bond motifs is 1. The fourth-order valence-corrected chi connectivity index (χ4v) is 3.77. The minimum atomic E-state index is -0.283. The Kier molecular flexibility index (Phi) is 4.27. The molecule has 0 N–H and O–H groups in total. The van der Waals surface area contributed by atoms with Crippen molar-refractivity contribution < 1.29 is 9.53 Å². The summed E-state index contributed by atoms with van der Waals surface area (Å²) >= 11 is 1.37. The monoisotopic (exact) mass is 365 g/mol. The Balaban J connectivity index is 1.79. The van der Waals surface area contributed by atoms with Crippen LogP contribution < -0.4 is 5.56 Å². The summed E-state index contributed by atoms with van der Waals surface area (Å²) in [6, 6.07) is 11.6. The molecule has 7 heteroatoms. The van der Waals surface area contributed by atoms with Gasteiger partial charge < -0.3 is 4.74 Å². The van der Waals surface area contributed by atoms with E-state index in [1.807, 2.05) is 41.8 Å². The van der Waals surface area contributed by atoms with Crippen LogP contribution in [0.1, 0.15) is 18.7 Å². The molecule has 26 heavy (non-hydrogen) atoms. The fraction of sp³-hybridized carbons (Fsp3) is 0.263. The number of carbonyl (C=O) groups is 1. The Bertz CT molecular complexity index is 1080. The van der Waals surface area contributed by atoms with Crippen molar-refractivity contribution >= 4 is 27.5 Å². The lowest BCUT2D eigenvalue weighted by atomic mass is 10.1. The van der Waals surface area contributed by atoms with Gasteiger partial charge in [0.2, 0.25) is 0 Å². The van der Waals surface area contributed by atoms with Crippen molar-refractivity contribution in [2.24, 2.45) is 5.92 Å². The third-order valence-corrected chi connectivity index (χ3v) is 5.21. The molecule has 0 aliphatic heterocycles. The molecule has 2 aromatic heterocycles. The summed E-state index contributed by atoms with van der Waals surface area (Å²) in [5.74, 6) is 0.0137. The van der Waals surface area contributed by atoms with E-state index < -0.39 is 0 Å². The molecule has 0 bridgehead atoms. The van der Waals surface area contributed by atoms with Crippen LogP contribution >= 0.6 is 11.3 Å². The molecule has 6 nitrogen and oxygen atoms in total. The molecule has 1 fully saturated rings. The van der Waals surface area contributed by atoms with Crippen molar-refractivity contribution in [1.82, 2.24) is 9.55 Å². The molecule has 3 aromatic rings. The van der Waals surface area contributed by atoms with Gasteiger partial charge in [0, 0.05) is 10.9 Å². The zero-order valence-corrected chi connectivity index (χ0v) is 14.7. The van der Waals surface area contributed by atoms with E-state index in [9.17, 15) is 9.59 Å².